The molecule has 1 unspecified atom stereocenters. The summed E-state index contributed by atoms with van der Waals surface area (Å²) in [5.41, 5.74) is 1.30. The Hall–Kier alpha value is -1.66. The van der Waals surface area contributed by atoms with Gasteiger partial charge in [-0.15, -0.1) is 0 Å². The molecular weight excluding hydrogens is 308 g/mol. The van der Waals surface area contributed by atoms with Crippen LogP contribution in [0, 0.1) is 0 Å². The molecule has 3 heterocycles. The monoisotopic (exact) mass is 332 g/mol. The van der Waals surface area contributed by atoms with Crippen molar-refractivity contribution in [1.29, 1.82) is 0 Å². The summed E-state index contributed by atoms with van der Waals surface area (Å²) in [5.74, 6) is 0.132. The van der Waals surface area contributed by atoms with Gasteiger partial charge in [0.2, 0.25) is 5.91 Å². The molecule has 0 bridgehead atoms. The third kappa shape index (κ3) is 4.91. The maximum Gasteiger partial charge on any atom is 0.234 e. The Morgan fingerprint density at radius 2 is 2.39 bits per heavy atom. The molecule has 1 atom stereocenters. The van der Waals surface area contributed by atoms with Crippen molar-refractivity contribution in [3.63, 3.8) is 0 Å². The number of thiophene rings is 1. The first-order valence-corrected chi connectivity index (χ1v) is 9.25. The summed E-state index contributed by atoms with van der Waals surface area (Å²) in [7, 11) is 0. The van der Waals surface area contributed by atoms with E-state index in [1.807, 2.05) is 23.1 Å². The Labute approximate surface area is 141 Å². The van der Waals surface area contributed by atoms with Gasteiger partial charge in [0.1, 0.15) is 0 Å². The maximum absolute atomic E-state index is 12.2. The molecule has 0 aliphatic carbocycles. The lowest BCUT2D eigenvalue weighted by Gasteiger charge is -2.35. The molecule has 1 N–H and O–H groups in total. The van der Waals surface area contributed by atoms with Gasteiger partial charge in [-0.3, -0.25) is 14.4 Å². The number of hydrogen-bond acceptors (Lipinski definition) is 4. The zero-order valence-electron chi connectivity index (χ0n) is 13.4. The molecule has 0 saturated carbocycles. The van der Waals surface area contributed by atoms with Crippen molar-refractivity contribution in [2.24, 2.45) is 0 Å². The second-order valence-electron chi connectivity index (χ2n) is 6.08. The van der Waals surface area contributed by atoms with Crippen LogP contribution in [0.25, 0.3) is 0 Å². The Balaban J connectivity index is 1.45. The van der Waals surface area contributed by atoms with Crippen molar-refractivity contribution in [3.05, 3.63) is 40.8 Å². The van der Waals surface area contributed by atoms with Gasteiger partial charge in [0.15, 0.2) is 0 Å². The quantitative estimate of drug-likeness (QED) is 0.845. The first-order valence-electron chi connectivity index (χ1n) is 8.30. The molecule has 0 aromatic carbocycles. The molecule has 2 aromatic heterocycles. The lowest BCUT2D eigenvalue weighted by Crippen LogP contribution is -2.47. The fraction of sp³-hybridized carbons (Fsp3) is 0.529. The molecule has 124 valence electrons. The lowest BCUT2D eigenvalue weighted by molar-refractivity contribution is -0.123. The van der Waals surface area contributed by atoms with Crippen LogP contribution in [0.4, 0.5) is 0 Å². The number of nitrogens with one attached hydrogen (secondary N) is 1. The number of carbonyl (C=O) groups is 1. The van der Waals surface area contributed by atoms with Gasteiger partial charge in [-0.1, -0.05) is 6.42 Å². The van der Waals surface area contributed by atoms with Crippen LogP contribution in [0.15, 0.2) is 35.3 Å². The van der Waals surface area contributed by atoms with Crippen molar-refractivity contribution in [2.75, 3.05) is 19.6 Å². The zero-order chi connectivity index (χ0) is 15.9. The smallest absolute Gasteiger partial charge is 0.234 e. The fourth-order valence-electron chi connectivity index (χ4n) is 3.12. The van der Waals surface area contributed by atoms with Crippen LogP contribution < -0.4 is 5.32 Å². The summed E-state index contributed by atoms with van der Waals surface area (Å²) >= 11 is 1.70. The van der Waals surface area contributed by atoms with E-state index in [1.165, 1.54) is 18.4 Å². The van der Waals surface area contributed by atoms with Crippen molar-refractivity contribution in [3.8, 4) is 0 Å². The fourth-order valence-corrected chi connectivity index (χ4v) is 3.82. The van der Waals surface area contributed by atoms with Gasteiger partial charge in [-0.05, 0) is 54.3 Å². The number of amides is 1. The molecule has 6 heteroatoms. The predicted octanol–water partition coefficient (Wildman–Crippen LogP) is 2.16. The highest BCUT2D eigenvalue weighted by molar-refractivity contribution is 7.07. The van der Waals surface area contributed by atoms with E-state index in [1.54, 1.807) is 11.3 Å². The molecule has 23 heavy (non-hydrogen) atoms. The Morgan fingerprint density at radius 1 is 1.43 bits per heavy atom. The second-order valence-corrected chi connectivity index (χ2v) is 6.86. The summed E-state index contributed by atoms with van der Waals surface area (Å²) in [6, 6.07) is 4.47. The number of rotatable bonds is 7. The van der Waals surface area contributed by atoms with Crippen LogP contribution in [-0.4, -0.2) is 46.3 Å². The van der Waals surface area contributed by atoms with Gasteiger partial charge >= 0.3 is 0 Å². The number of hydrogen-bond donors (Lipinski definition) is 1. The number of carbonyl (C=O) groups excluding carboxylic acids is 1. The van der Waals surface area contributed by atoms with Crippen molar-refractivity contribution in [2.45, 2.75) is 38.3 Å². The predicted molar refractivity (Wildman–Crippen MR) is 92.5 cm³/mol. The molecule has 5 nitrogen and oxygen atoms in total. The summed E-state index contributed by atoms with van der Waals surface area (Å²) in [4.78, 5) is 14.5. The van der Waals surface area contributed by atoms with Crippen molar-refractivity contribution in [1.82, 2.24) is 20.0 Å². The third-order valence-electron chi connectivity index (χ3n) is 4.37. The zero-order valence-corrected chi connectivity index (χ0v) is 14.2. The maximum atomic E-state index is 12.2. The molecule has 3 rings (SSSR count). The summed E-state index contributed by atoms with van der Waals surface area (Å²) < 4.78 is 1.97. The van der Waals surface area contributed by atoms with E-state index in [2.05, 4.69) is 32.1 Å². The number of piperidine rings is 1. The minimum atomic E-state index is 0.132. The van der Waals surface area contributed by atoms with Gasteiger partial charge in [0.05, 0.1) is 13.1 Å². The molecule has 0 spiro atoms. The van der Waals surface area contributed by atoms with Crippen molar-refractivity contribution >= 4 is 17.2 Å². The van der Waals surface area contributed by atoms with Gasteiger partial charge in [0.25, 0.3) is 0 Å². The van der Waals surface area contributed by atoms with Gasteiger partial charge < -0.3 is 5.32 Å². The number of nitrogens with zero attached hydrogens (tertiary/aromatic N) is 3. The molecule has 1 fully saturated rings. The average Bonchev–Trinajstić information content (AvgIpc) is 3.23. The summed E-state index contributed by atoms with van der Waals surface area (Å²) in [6.07, 6.45) is 8.27. The molecule has 0 radical (unpaired) electrons. The van der Waals surface area contributed by atoms with E-state index in [4.69, 9.17) is 0 Å². The average molecular weight is 332 g/mol. The van der Waals surface area contributed by atoms with E-state index in [-0.39, 0.29) is 5.91 Å². The highest BCUT2D eigenvalue weighted by Gasteiger charge is 2.24. The lowest BCUT2D eigenvalue weighted by atomic mass is 10.0. The topological polar surface area (TPSA) is 50.2 Å². The molecule has 1 aliphatic rings. The first kappa shape index (κ1) is 16.2. The molecular formula is C17H24N4OS. The Morgan fingerprint density at radius 3 is 3.17 bits per heavy atom. The highest BCUT2D eigenvalue weighted by Crippen LogP contribution is 2.18. The van der Waals surface area contributed by atoms with Gasteiger partial charge in [0, 0.05) is 25.0 Å². The van der Waals surface area contributed by atoms with Crippen LogP contribution in [0.2, 0.25) is 0 Å². The van der Waals surface area contributed by atoms with Crippen molar-refractivity contribution < 1.29 is 4.79 Å². The van der Waals surface area contributed by atoms with E-state index in [0.29, 0.717) is 19.1 Å². The van der Waals surface area contributed by atoms with E-state index >= 15 is 0 Å². The SMILES string of the molecule is O=C(CN1CCCCC1Cn1cccn1)NCCc1ccsc1. The summed E-state index contributed by atoms with van der Waals surface area (Å²) in [6.45, 7) is 3.09. The largest absolute Gasteiger partial charge is 0.355 e. The van der Waals surface area contributed by atoms with Crippen LogP contribution in [0.5, 0.6) is 0 Å². The standard InChI is InChI=1S/C17H24N4OS/c22-17(18-8-5-15-6-11-23-14-15)13-20-9-2-1-4-16(20)12-21-10-3-7-19-21/h3,6-7,10-11,14,16H,1-2,4-5,8-9,12-13H2,(H,18,22). The van der Waals surface area contributed by atoms with E-state index < -0.39 is 0 Å². The number of likely N-dealkylation sites (tertiary alicyclic amines) is 1. The minimum absolute atomic E-state index is 0.132. The molecule has 1 saturated heterocycles. The second kappa shape index (κ2) is 8.26. The normalized spacial score (nSPS) is 18.9. The molecule has 2 aromatic rings. The van der Waals surface area contributed by atoms with Crippen LogP contribution in [0.3, 0.4) is 0 Å². The highest BCUT2D eigenvalue weighted by atomic mass is 32.1. The number of aromatic nitrogens is 2. The minimum Gasteiger partial charge on any atom is -0.355 e. The Kier molecular flexibility index (Phi) is 5.82. The molecule has 1 aliphatic heterocycles. The van der Waals surface area contributed by atoms with E-state index in [0.717, 1.165) is 25.9 Å². The molecule has 1 amide bonds. The van der Waals surface area contributed by atoms with E-state index in [9.17, 15) is 4.79 Å². The third-order valence-corrected chi connectivity index (χ3v) is 5.10. The van der Waals surface area contributed by atoms with Gasteiger partial charge in [-0.25, -0.2) is 0 Å². The van der Waals surface area contributed by atoms with Gasteiger partial charge in [-0.2, -0.15) is 16.4 Å². The summed E-state index contributed by atoms with van der Waals surface area (Å²) in [5, 5.41) is 11.6. The van der Waals surface area contributed by atoms with Crippen LogP contribution in [-0.2, 0) is 17.8 Å². The van der Waals surface area contributed by atoms with Crippen LogP contribution >= 0.6 is 11.3 Å². The van der Waals surface area contributed by atoms with Crippen LogP contribution in [0.1, 0.15) is 24.8 Å². The first-order chi connectivity index (χ1) is 11.3. The Bertz CT molecular complexity index is 582.